The molecular weight excluding hydrogens is 484 g/mol. The second kappa shape index (κ2) is 10.4. The summed E-state index contributed by atoms with van der Waals surface area (Å²) in [6.45, 7) is 2.82. The zero-order valence-electron chi connectivity index (χ0n) is 21.2. The number of aromatic nitrogens is 3. The van der Waals surface area contributed by atoms with Crippen LogP contribution in [0.3, 0.4) is 0 Å². The van der Waals surface area contributed by atoms with Gasteiger partial charge in [0.15, 0.2) is 0 Å². The molecule has 1 aliphatic carbocycles. The molecule has 0 bridgehead atoms. The fourth-order valence-electron chi connectivity index (χ4n) is 5.57. The molecule has 10 nitrogen and oxygen atoms in total. The molecule has 3 amide bonds. The van der Waals surface area contributed by atoms with Crippen molar-refractivity contribution in [1.82, 2.24) is 24.9 Å². The standard InChI is InChI=1S/C28H30N6O4/c35-24(10-5-13-34-27(36)21-8-3-4-9-22(21)28(34)37)33-16-14-32(15-17-33)23-12-11-20(18-29-23)25-30-26(38-31-25)19-6-1-2-7-19/h3-4,8-9,11-12,18-19H,1-2,5-7,10,13-17H2. The molecule has 2 aromatic heterocycles. The third kappa shape index (κ3) is 4.66. The Bertz CT molecular complexity index is 1300. The summed E-state index contributed by atoms with van der Waals surface area (Å²) in [5.74, 6) is 2.02. The average molecular weight is 515 g/mol. The lowest BCUT2D eigenvalue weighted by Crippen LogP contribution is -2.49. The molecular formula is C28H30N6O4. The maximum atomic E-state index is 12.8. The van der Waals surface area contributed by atoms with E-state index in [-0.39, 0.29) is 24.3 Å². The Morgan fingerprint density at radius 3 is 2.32 bits per heavy atom. The van der Waals surface area contributed by atoms with E-state index in [9.17, 15) is 14.4 Å². The van der Waals surface area contributed by atoms with Crippen LogP contribution < -0.4 is 4.90 Å². The summed E-state index contributed by atoms with van der Waals surface area (Å²) < 4.78 is 5.49. The molecule has 0 unspecified atom stereocenters. The van der Waals surface area contributed by atoms with Crippen LogP contribution >= 0.6 is 0 Å². The number of hydrogen-bond acceptors (Lipinski definition) is 8. The van der Waals surface area contributed by atoms with Crippen molar-refractivity contribution >= 4 is 23.5 Å². The number of anilines is 1. The largest absolute Gasteiger partial charge is 0.353 e. The number of pyridine rings is 1. The maximum absolute atomic E-state index is 12.8. The number of carbonyl (C=O) groups excluding carboxylic acids is 3. The smallest absolute Gasteiger partial charge is 0.261 e. The summed E-state index contributed by atoms with van der Waals surface area (Å²) in [7, 11) is 0. The lowest BCUT2D eigenvalue weighted by molar-refractivity contribution is -0.131. The van der Waals surface area contributed by atoms with Crippen LogP contribution in [0.4, 0.5) is 5.82 Å². The minimum Gasteiger partial charge on any atom is -0.353 e. The normalized spacial score (nSPS) is 17.9. The first-order valence-electron chi connectivity index (χ1n) is 13.4. The Hall–Kier alpha value is -4.08. The third-order valence-corrected chi connectivity index (χ3v) is 7.76. The molecule has 10 heteroatoms. The summed E-state index contributed by atoms with van der Waals surface area (Å²) in [5.41, 5.74) is 1.70. The van der Waals surface area contributed by atoms with Gasteiger partial charge in [-0.1, -0.05) is 30.1 Å². The number of benzene rings is 1. The fraction of sp³-hybridized carbons (Fsp3) is 0.429. The molecule has 0 radical (unpaired) electrons. The van der Waals surface area contributed by atoms with E-state index in [1.165, 1.54) is 17.7 Å². The maximum Gasteiger partial charge on any atom is 0.261 e. The average Bonchev–Trinajstić information content (AvgIpc) is 3.71. The second-order valence-electron chi connectivity index (χ2n) is 10.1. The summed E-state index contributed by atoms with van der Waals surface area (Å²) in [4.78, 5) is 52.2. The van der Waals surface area contributed by atoms with Crippen LogP contribution in [-0.2, 0) is 4.79 Å². The lowest BCUT2D eigenvalue weighted by atomic mass is 10.1. The van der Waals surface area contributed by atoms with Crippen molar-refractivity contribution in [2.75, 3.05) is 37.6 Å². The number of imide groups is 1. The van der Waals surface area contributed by atoms with Crippen molar-refractivity contribution in [2.24, 2.45) is 0 Å². The van der Waals surface area contributed by atoms with E-state index in [1.807, 2.05) is 17.0 Å². The molecule has 0 spiro atoms. The molecule has 3 aromatic rings. The first-order chi connectivity index (χ1) is 18.6. The van der Waals surface area contributed by atoms with Crippen LogP contribution in [0.1, 0.15) is 71.0 Å². The van der Waals surface area contributed by atoms with E-state index in [0.29, 0.717) is 61.9 Å². The van der Waals surface area contributed by atoms with Crippen molar-refractivity contribution in [2.45, 2.75) is 44.4 Å². The topological polar surface area (TPSA) is 113 Å². The van der Waals surface area contributed by atoms with Gasteiger partial charge in [0.05, 0.1) is 11.1 Å². The molecule has 196 valence electrons. The number of nitrogens with zero attached hydrogens (tertiary/aromatic N) is 6. The molecule has 4 heterocycles. The van der Waals surface area contributed by atoms with Gasteiger partial charge < -0.3 is 14.3 Å². The molecule has 38 heavy (non-hydrogen) atoms. The second-order valence-corrected chi connectivity index (χ2v) is 10.1. The quantitative estimate of drug-likeness (QED) is 0.440. The highest BCUT2D eigenvalue weighted by Crippen LogP contribution is 2.34. The molecule has 0 N–H and O–H groups in total. The third-order valence-electron chi connectivity index (χ3n) is 7.76. The van der Waals surface area contributed by atoms with Crippen LogP contribution in [-0.4, -0.2) is 75.4 Å². The van der Waals surface area contributed by atoms with Gasteiger partial charge in [-0.2, -0.15) is 4.98 Å². The number of hydrogen-bond donors (Lipinski definition) is 0. The molecule has 3 aliphatic rings. The molecule has 1 aromatic carbocycles. The van der Waals surface area contributed by atoms with Gasteiger partial charge in [0, 0.05) is 56.8 Å². The predicted octanol–water partition coefficient (Wildman–Crippen LogP) is 3.51. The molecule has 1 saturated heterocycles. The molecule has 2 aliphatic heterocycles. The zero-order chi connectivity index (χ0) is 26.1. The minimum atomic E-state index is -0.279. The highest BCUT2D eigenvalue weighted by atomic mass is 16.5. The van der Waals surface area contributed by atoms with Crippen molar-refractivity contribution in [3.8, 4) is 11.4 Å². The highest BCUT2D eigenvalue weighted by Gasteiger charge is 2.34. The minimum absolute atomic E-state index is 0.0414. The van der Waals surface area contributed by atoms with Gasteiger partial charge in [0.2, 0.25) is 17.6 Å². The van der Waals surface area contributed by atoms with Crippen LogP contribution in [0, 0.1) is 0 Å². The van der Waals surface area contributed by atoms with Crippen LogP contribution in [0.15, 0.2) is 47.1 Å². The Balaban J connectivity index is 0.972. The van der Waals surface area contributed by atoms with Gasteiger partial charge in [-0.25, -0.2) is 4.98 Å². The van der Waals surface area contributed by atoms with E-state index in [2.05, 4.69) is 20.0 Å². The number of carbonyl (C=O) groups is 3. The Kier molecular flexibility index (Phi) is 6.61. The van der Waals surface area contributed by atoms with Gasteiger partial charge in [-0.05, 0) is 43.5 Å². The van der Waals surface area contributed by atoms with Gasteiger partial charge in [0.1, 0.15) is 5.82 Å². The van der Waals surface area contributed by atoms with Gasteiger partial charge >= 0.3 is 0 Å². The number of piperazine rings is 1. The first-order valence-corrected chi connectivity index (χ1v) is 13.4. The summed E-state index contributed by atoms with van der Waals surface area (Å²) in [6, 6.07) is 10.8. The Morgan fingerprint density at radius 1 is 0.947 bits per heavy atom. The van der Waals surface area contributed by atoms with Crippen molar-refractivity contribution in [1.29, 1.82) is 0 Å². The van der Waals surface area contributed by atoms with Crippen LogP contribution in [0.5, 0.6) is 0 Å². The molecule has 2 fully saturated rings. The highest BCUT2D eigenvalue weighted by molar-refractivity contribution is 6.21. The number of fused-ring (bicyclic) bond motifs is 1. The molecule has 0 atom stereocenters. The zero-order valence-corrected chi connectivity index (χ0v) is 21.2. The first kappa shape index (κ1) is 24.3. The van der Waals surface area contributed by atoms with Crippen LogP contribution in [0.25, 0.3) is 11.4 Å². The van der Waals surface area contributed by atoms with Crippen molar-refractivity contribution < 1.29 is 18.9 Å². The number of rotatable bonds is 7. The Morgan fingerprint density at radius 2 is 1.66 bits per heavy atom. The summed E-state index contributed by atoms with van der Waals surface area (Å²) in [6.07, 6.45) is 7.18. The SMILES string of the molecule is O=C(CCCN1C(=O)c2ccccc2C1=O)N1CCN(c2ccc(-c3noc(C4CCCC4)n3)cn2)CC1. The van der Waals surface area contributed by atoms with E-state index in [1.54, 1.807) is 30.5 Å². The molecule has 6 rings (SSSR count). The predicted molar refractivity (Wildman–Crippen MR) is 139 cm³/mol. The monoisotopic (exact) mass is 514 g/mol. The van der Waals surface area contributed by atoms with Crippen molar-refractivity contribution in [3.05, 3.63) is 59.6 Å². The van der Waals surface area contributed by atoms with Crippen molar-refractivity contribution in [3.63, 3.8) is 0 Å². The summed E-state index contributed by atoms with van der Waals surface area (Å²) in [5, 5.41) is 4.15. The molecule has 1 saturated carbocycles. The van der Waals surface area contributed by atoms with E-state index in [4.69, 9.17) is 4.52 Å². The van der Waals surface area contributed by atoms with E-state index >= 15 is 0 Å². The van der Waals surface area contributed by atoms with Gasteiger partial charge in [-0.15, -0.1) is 0 Å². The van der Waals surface area contributed by atoms with Gasteiger partial charge in [0.25, 0.3) is 11.8 Å². The van der Waals surface area contributed by atoms with E-state index in [0.717, 1.165) is 30.1 Å². The van der Waals surface area contributed by atoms with Gasteiger partial charge in [-0.3, -0.25) is 19.3 Å². The summed E-state index contributed by atoms with van der Waals surface area (Å²) >= 11 is 0. The lowest BCUT2D eigenvalue weighted by Gasteiger charge is -2.35. The van der Waals surface area contributed by atoms with E-state index < -0.39 is 0 Å². The van der Waals surface area contributed by atoms with Crippen LogP contribution in [0.2, 0.25) is 0 Å². The number of amides is 3. The Labute approximate surface area is 220 Å². The fourth-order valence-corrected chi connectivity index (χ4v) is 5.57.